The zero-order chi connectivity index (χ0) is 24.3. The van der Waals surface area contributed by atoms with Gasteiger partial charge in [0.25, 0.3) is 0 Å². The molecule has 0 N–H and O–H groups in total. The van der Waals surface area contributed by atoms with E-state index in [1.54, 1.807) is 0 Å². The summed E-state index contributed by atoms with van der Waals surface area (Å²) in [6.45, 7) is 0. The molecule has 37 heavy (non-hydrogen) atoms. The van der Waals surface area contributed by atoms with E-state index in [2.05, 4.69) is 133 Å². The molecule has 0 fully saturated rings. The summed E-state index contributed by atoms with van der Waals surface area (Å²) >= 11 is 0. The first kappa shape index (κ1) is 20.3. The summed E-state index contributed by atoms with van der Waals surface area (Å²) in [5.74, 6) is 0. The van der Waals surface area contributed by atoms with Gasteiger partial charge in [0.1, 0.15) is 11.2 Å². The lowest BCUT2D eigenvalue weighted by Crippen LogP contribution is -1.85. The lowest BCUT2D eigenvalue weighted by atomic mass is 9.92. The van der Waals surface area contributed by atoms with Gasteiger partial charge in [0.15, 0.2) is 0 Å². The van der Waals surface area contributed by atoms with Gasteiger partial charge in [-0.2, -0.15) is 0 Å². The van der Waals surface area contributed by atoms with Crippen molar-refractivity contribution in [1.82, 2.24) is 0 Å². The van der Waals surface area contributed by atoms with Crippen LogP contribution in [-0.2, 0) is 0 Å². The second-order valence-electron chi connectivity index (χ2n) is 9.71. The maximum absolute atomic E-state index is 6.56. The van der Waals surface area contributed by atoms with Crippen molar-refractivity contribution in [2.75, 3.05) is 0 Å². The molecular formula is C36H22O. The molecule has 0 saturated heterocycles. The monoisotopic (exact) mass is 470 g/mol. The molecule has 0 amide bonds. The van der Waals surface area contributed by atoms with E-state index in [1.807, 2.05) is 0 Å². The Morgan fingerprint density at radius 2 is 0.865 bits per heavy atom. The number of rotatable bonds is 2. The van der Waals surface area contributed by atoms with Crippen LogP contribution in [0.15, 0.2) is 138 Å². The molecule has 0 saturated carbocycles. The van der Waals surface area contributed by atoms with Gasteiger partial charge >= 0.3 is 0 Å². The van der Waals surface area contributed by atoms with Crippen LogP contribution in [-0.4, -0.2) is 0 Å². The quantitative estimate of drug-likeness (QED) is 0.245. The smallest absolute Gasteiger partial charge is 0.135 e. The van der Waals surface area contributed by atoms with E-state index in [9.17, 15) is 0 Å². The Hall–Kier alpha value is -4.88. The highest BCUT2D eigenvalue weighted by atomic mass is 16.3. The summed E-state index contributed by atoms with van der Waals surface area (Å²) in [7, 11) is 0. The highest BCUT2D eigenvalue weighted by Crippen LogP contribution is 2.40. The van der Waals surface area contributed by atoms with Crippen molar-refractivity contribution in [3.63, 3.8) is 0 Å². The van der Waals surface area contributed by atoms with Gasteiger partial charge in [-0.05, 0) is 66.7 Å². The highest BCUT2D eigenvalue weighted by Gasteiger charge is 2.14. The van der Waals surface area contributed by atoms with Gasteiger partial charge in [0, 0.05) is 10.8 Å². The molecule has 7 aromatic carbocycles. The predicted octanol–water partition coefficient (Wildman–Crippen LogP) is 10.4. The van der Waals surface area contributed by atoms with Crippen LogP contribution >= 0.6 is 0 Å². The van der Waals surface area contributed by atoms with Crippen LogP contribution in [0.2, 0.25) is 0 Å². The SMILES string of the molecule is c1ccc2c(-c3ccc(-c4ccc5oc6cccc7cccc(c8cccc4c58)c76)cc3)cccc2c1. The van der Waals surface area contributed by atoms with Gasteiger partial charge in [-0.15, -0.1) is 0 Å². The molecule has 8 aromatic rings. The average Bonchev–Trinajstić information content (AvgIpc) is 3.10. The molecule has 0 unspecified atom stereocenters. The molecule has 0 aliphatic carbocycles. The van der Waals surface area contributed by atoms with Crippen LogP contribution in [0.3, 0.4) is 0 Å². The molecule has 0 bridgehead atoms. The van der Waals surface area contributed by atoms with Crippen molar-refractivity contribution in [2.45, 2.75) is 0 Å². The van der Waals surface area contributed by atoms with Crippen molar-refractivity contribution in [1.29, 1.82) is 0 Å². The average molecular weight is 471 g/mol. The summed E-state index contributed by atoms with van der Waals surface area (Å²) < 4.78 is 6.56. The number of benzene rings is 7. The number of fused-ring (bicyclic) bond motifs is 2. The number of hydrogen-bond acceptors (Lipinski definition) is 1. The van der Waals surface area contributed by atoms with Crippen molar-refractivity contribution in [2.24, 2.45) is 0 Å². The number of hydrogen-bond donors (Lipinski definition) is 0. The maximum Gasteiger partial charge on any atom is 0.135 e. The van der Waals surface area contributed by atoms with Gasteiger partial charge in [-0.3, -0.25) is 0 Å². The third-order valence-corrected chi connectivity index (χ3v) is 7.68. The first-order valence-electron chi connectivity index (χ1n) is 12.7. The lowest BCUT2D eigenvalue weighted by Gasteiger charge is -2.11. The largest absolute Gasteiger partial charge is 0.456 e. The van der Waals surface area contributed by atoms with E-state index in [4.69, 9.17) is 4.42 Å². The Morgan fingerprint density at radius 3 is 1.70 bits per heavy atom. The Balaban J connectivity index is 1.36. The van der Waals surface area contributed by atoms with Crippen LogP contribution in [0.5, 0.6) is 0 Å². The highest BCUT2D eigenvalue weighted by molar-refractivity contribution is 6.24. The maximum atomic E-state index is 6.56. The molecule has 0 spiro atoms. The van der Waals surface area contributed by atoms with Gasteiger partial charge in [-0.1, -0.05) is 121 Å². The summed E-state index contributed by atoms with van der Waals surface area (Å²) in [4.78, 5) is 0. The van der Waals surface area contributed by atoms with Gasteiger partial charge in [0.2, 0.25) is 0 Å². The Kier molecular flexibility index (Phi) is 4.29. The first-order valence-corrected chi connectivity index (χ1v) is 12.7. The summed E-state index contributed by atoms with van der Waals surface area (Å²) in [5.41, 5.74) is 6.73. The van der Waals surface area contributed by atoms with Crippen molar-refractivity contribution >= 4 is 54.3 Å². The molecular weight excluding hydrogens is 448 g/mol. The van der Waals surface area contributed by atoms with Crippen molar-refractivity contribution in [3.8, 4) is 22.3 Å². The summed E-state index contributed by atoms with van der Waals surface area (Å²) in [5, 5.41) is 9.73. The Bertz CT molecular complexity index is 2120. The van der Waals surface area contributed by atoms with Gasteiger partial charge in [0.05, 0.1) is 0 Å². The Morgan fingerprint density at radius 1 is 0.324 bits per heavy atom. The molecule has 1 nitrogen and oxygen atoms in total. The van der Waals surface area contributed by atoms with Crippen LogP contribution in [0.4, 0.5) is 0 Å². The van der Waals surface area contributed by atoms with Gasteiger partial charge in [-0.25, -0.2) is 0 Å². The molecule has 1 heterocycles. The van der Waals surface area contributed by atoms with Crippen LogP contribution in [0.1, 0.15) is 0 Å². The molecule has 172 valence electrons. The fourth-order valence-electron chi connectivity index (χ4n) is 5.98. The van der Waals surface area contributed by atoms with E-state index in [1.165, 1.54) is 65.3 Å². The molecule has 1 aromatic heterocycles. The topological polar surface area (TPSA) is 13.1 Å². The minimum Gasteiger partial charge on any atom is -0.456 e. The fourth-order valence-corrected chi connectivity index (χ4v) is 5.98. The van der Waals surface area contributed by atoms with Crippen LogP contribution in [0.25, 0.3) is 76.5 Å². The second kappa shape index (κ2) is 7.81. The van der Waals surface area contributed by atoms with Gasteiger partial charge < -0.3 is 4.42 Å². The molecule has 0 aliphatic rings. The summed E-state index contributed by atoms with van der Waals surface area (Å²) in [6, 6.07) is 47.8. The van der Waals surface area contributed by atoms with E-state index in [0.717, 1.165) is 11.2 Å². The molecule has 8 rings (SSSR count). The van der Waals surface area contributed by atoms with E-state index in [0.29, 0.717) is 0 Å². The van der Waals surface area contributed by atoms with Crippen LogP contribution < -0.4 is 0 Å². The van der Waals surface area contributed by atoms with Crippen LogP contribution in [0, 0.1) is 0 Å². The molecule has 0 radical (unpaired) electrons. The standard InChI is InChI=1S/C36H22O/c1-2-11-27-23(7-1)8-3-12-28(27)24-17-19-25(20-18-24)29-21-22-34-36-30(29)14-6-15-32(36)31-13-4-9-26-10-5-16-33(37-34)35(26)31/h1-22H. The van der Waals surface area contributed by atoms with E-state index in [-0.39, 0.29) is 0 Å². The normalized spacial score (nSPS) is 11.8. The van der Waals surface area contributed by atoms with Crippen molar-refractivity contribution < 1.29 is 4.42 Å². The predicted molar refractivity (Wildman–Crippen MR) is 157 cm³/mol. The van der Waals surface area contributed by atoms with E-state index < -0.39 is 0 Å². The third-order valence-electron chi connectivity index (χ3n) is 7.68. The summed E-state index contributed by atoms with van der Waals surface area (Å²) in [6.07, 6.45) is 0. The zero-order valence-electron chi connectivity index (χ0n) is 20.1. The third kappa shape index (κ3) is 3.04. The minimum absolute atomic E-state index is 0.908. The minimum atomic E-state index is 0.908. The Labute approximate surface area is 214 Å². The molecule has 1 heteroatoms. The van der Waals surface area contributed by atoms with Crippen molar-refractivity contribution in [3.05, 3.63) is 133 Å². The van der Waals surface area contributed by atoms with E-state index >= 15 is 0 Å². The lowest BCUT2D eigenvalue weighted by molar-refractivity contribution is 0.664. The zero-order valence-corrected chi connectivity index (χ0v) is 20.1. The first-order chi connectivity index (χ1) is 18.3. The second-order valence-corrected chi connectivity index (χ2v) is 9.71. The molecule has 0 aliphatic heterocycles. The molecule has 0 atom stereocenters. The fraction of sp³-hybridized carbons (Fsp3) is 0.